The molecule has 4 nitrogen and oxygen atoms in total. The molecule has 1 rings (SSSR count). The molecule has 0 bridgehead atoms. The molecule has 0 fully saturated rings. The number of benzene rings is 1. The minimum absolute atomic E-state index is 0.0999. The van der Waals surface area contributed by atoms with Crippen molar-refractivity contribution < 1.29 is 18.7 Å². The fraction of sp³-hybridized carbons (Fsp3) is 0.429. The molecule has 1 unspecified atom stereocenters. The molecule has 0 aliphatic rings. The Labute approximate surface area is 112 Å². The minimum atomic E-state index is -0.720. The van der Waals surface area contributed by atoms with E-state index in [1.54, 1.807) is 20.8 Å². The molecule has 1 aromatic rings. The topological polar surface area (TPSA) is 55.4 Å². The second kappa shape index (κ2) is 6.31. The second-order valence-corrected chi connectivity index (χ2v) is 4.68. The van der Waals surface area contributed by atoms with Crippen molar-refractivity contribution in [3.63, 3.8) is 0 Å². The monoisotopic (exact) mass is 267 g/mol. The van der Waals surface area contributed by atoms with E-state index < -0.39 is 23.7 Å². The summed E-state index contributed by atoms with van der Waals surface area (Å²) in [5.41, 5.74) is 0.862. The molecule has 0 aliphatic carbocycles. The van der Waals surface area contributed by atoms with Crippen LogP contribution in [0.3, 0.4) is 0 Å². The van der Waals surface area contributed by atoms with E-state index in [4.69, 9.17) is 0 Å². The van der Waals surface area contributed by atoms with Crippen LogP contribution in [0, 0.1) is 18.7 Å². The van der Waals surface area contributed by atoms with Crippen molar-refractivity contribution in [2.24, 2.45) is 5.92 Å². The van der Waals surface area contributed by atoms with Gasteiger partial charge in [-0.2, -0.15) is 0 Å². The quantitative estimate of drug-likeness (QED) is 0.850. The van der Waals surface area contributed by atoms with Gasteiger partial charge < -0.3 is 10.1 Å². The summed E-state index contributed by atoms with van der Waals surface area (Å²) in [5.74, 6) is -1.41. The first-order valence-electron chi connectivity index (χ1n) is 6.01. The Morgan fingerprint density at radius 1 is 1.32 bits per heavy atom. The molecule has 19 heavy (non-hydrogen) atoms. The predicted octanol–water partition coefficient (Wildman–Crippen LogP) is 2.06. The summed E-state index contributed by atoms with van der Waals surface area (Å²) >= 11 is 0. The zero-order chi connectivity index (χ0) is 14.6. The molecule has 1 aromatic carbocycles. The molecule has 0 radical (unpaired) electrons. The van der Waals surface area contributed by atoms with E-state index in [9.17, 15) is 14.0 Å². The van der Waals surface area contributed by atoms with Gasteiger partial charge in [-0.15, -0.1) is 0 Å². The van der Waals surface area contributed by atoms with Gasteiger partial charge in [0.25, 0.3) is 5.91 Å². The van der Waals surface area contributed by atoms with Gasteiger partial charge in [-0.3, -0.25) is 4.79 Å². The summed E-state index contributed by atoms with van der Waals surface area (Å²) in [4.78, 5) is 23.6. The van der Waals surface area contributed by atoms with Crippen molar-refractivity contribution in [1.29, 1.82) is 0 Å². The first-order chi connectivity index (χ1) is 8.86. The molecule has 1 amide bonds. The smallest absolute Gasteiger partial charge is 0.328 e. The lowest BCUT2D eigenvalue weighted by molar-refractivity contribution is -0.144. The Morgan fingerprint density at radius 3 is 2.42 bits per heavy atom. The summed E-state index contributed by atoms with van der Waals surface area (Å²) in [6.07, 6.45) is 0. The Kier molecular flexibility index (Phi) is 5.03. The third-order valence-corrected chi connectivity index (χ3v) is 2.84. The first-order valence-corrected chi connectivity index (χ1v) is 6.01. The van der Waals surface area contributed by atoms with Crippen molar-refractivity contribution in [3.8, 4) is 0 Å². The van der Waals surface area contributed by atoms with Gasteiger partial charge in [0.05, 0.1) is 7.11 Å². The average molecular weight is 267 g/mol. The van der Waals surface area contributed by atoms with Crippen molar-refractivity contribution in [2.45, 2.75) is 26.8 Å². The molecule has 0 spiro atoms. The van der Waals surface area contributed by atoms with E-state index in [0.29, 0.717) is 11.1 Å². The van der Waals surface area contributed by atoms with Crippen LogP contribution in [0.15, 0.2) is 18.2 Å². The normalized spacial score (nSPS) is 12.1. The first kappa shape index (κ1) is 15.1. The number of ether oxygens (including phenoxy) is 1. The molecule has 5 heteroatoms. The van der Waals surface area contributed by atoms with Gasteiger partial charge >= 0.3 is 5.97 Å². The highest BCUT2D eigenvalue weighted by Gasteiger charge is 2.25. The third kappa shape index (κ3) is 3.77. The molecule has 104 valence electrons. The van der Waals surface area contributed by atoms with Crippen LogP contribution in [0.4, 0.5) is 4.39 Å². The molecule has 0 aromatic heterocycles. The maximum absolute atomic E-state index is 13.0. The predicted molar refractivity (Wildman–Crippen MR) is 69.2 cm³/mol. The van der Waals surface area contributed by atoms with Crippen LogP contribution < -0.4 is 5.32 Å². The SMILES string of the molecule is COC(=O)C(NC(=O)c1ccc(F)cc1C)C(C)C. The highest BCUT2D eigenvalue weighted by molar-refractivity contribution is 5.98. The summed E-state index contributed by atoms with van der Waals surface area (Å²) in [7, 11) is 1.27. The van der Waals surface area contributed by atoms with Crippen LogP contribution in [0.2, 0.25) is 0 Å². The van der Waals surface area contributed by atoms with Crippen LogP contribution >= 0.6 is 0 Å². The van der Waals surface area contributed by atoms with E-state index in [1.165, 1.54) is 25.3 Å². The number of aryl methyl sites for hydroxylation is 1. The number of carbonyl (C=O) groups excluding carboxylic acids is 2. The number of rotatable bonds is 4. The highest BCUT2D eigenvalue weighted by atomic mass is 19.1. The van der Waals surface area contributed by atoms with Gasteiger partial charge in [0, 0.05) is 5.56 Å². The lowest BCUT2D eigenvalue weighted by Gasteiger charge is -2.20. The minimum Gasteiger partial charge on any atom is -0.467 e. The Hall–Kier alpha value is -1.91. The summed E-state index contributed by atoms with van der Waals surface area (Å²) in [6.45, 7) is 5.25. The largest absolute Gasteiger partial charge is 0.467 e. The number of methoxy groups -OCH3 is 1. The molecular weight excluding hydrogens is 249 g/mol. The van der Waals surface area contributed by atoms with Gasteiger partial charge in [-0.05, 0) is 36.6 Å². The van der Waals surface area contributed by atoms with Crippen LogP contribution in [0.5, 0.6) is 0 Å². The van der Waals surface area contributed by atoms with Crippen molar-refractivity contribution in [2.75, 3.05) is 7.11 Å². The zero-order valence-corrected chi connectivity index (χ0v) is 11.5. The van der Waals surface area contributed by atoms with E-state index >= 15 is 0 Å². The van der Waals surface area contributed by atoms with Gasteiger partial charge in [-0.25, -0.2) is 9.18 Å². The van der Waals surface area contributed by atoms with E-state index in [1.807, 2.05) is 0 Å². The van der Waals surface area contributed by atoms with Crippen LogP contribution in [0.1, 0.15) is 29.8 Å². The number of hydrogen-bond donors (Lipinski definition) is 1. The van der Waals surface area contributed by atoms with Gasteiger partial charge in [0.2, 0.25) is 0 Å². The van der Waals surface area contributed by atoms with E-state index in [2.05, 4.69) is 10.1 Å². The maximum atomic E-state index is 13.0. The Balaban J connectivity index is 2.91. The lowest BCUT2D eigenvalue weighted by atomic mass is 10.0. The number of esters is 1. The molecule has 1 N–H and O–H groups in total. The summed E-state index contributed by atoms with van der Waals surface area (Å²) in [6, 6.07) is 3.17. The molecule has 0 heterocycles. The molecule has 0 saturated heterocycles. The Morgan fingerprint density at radius 2 is 1.95 bits per heavy atom. The molecule has 1 atom stereocenters. The van der Waals surface area contributed by atoms with Gasteiger partial charge in [0.15, 0.2) is 0 Å². The van der Waals surface area contributed by atoms with Crippen LogP contribution in [-0.4, -0.2) is 25.0 Å². The van der Waals surface area contributed by atoms with E-state index in [0.717, 1.165) is 0 Å². The molecule has 0 aliphatic heterocycles. The highest BCUT2D eigenvalue weighted by Crippen LogP contribution is 2.12. The average Bonchev–Trinajstić information content (AvgIpc) is 2.34. The fourth-order valence-electron chi connectivity index (χ4n) is 1.73. The number of halogens is 1. The number of hydrogen-bond acceptors (Lipinski definition) is 3. The zero-order valence-electron chi connectivity index (χ0n) is 11.5. The molecular formula is C14H18FNO3. The van der Waals surface area contributed by atoms with Crippen molar-refractivity contribution >= 4 is 11.9 Å². The van der Waals surface area contributed by atoms with Crippen LogP contribution in [-0.2, 0) is 9.53 Å². The number of carbonyl (C=O) groups is 2. The number of amides is 1. The third-order valence-electron chi connectivity index (χ3n) is 2.84. The van der Waals surface area contributed by atoms with E-state index in [-0.39, 0.29) is 5.92 Å². The van der Waals surface area contributed by atoms with Gasteiger partial charge in [-0.1, -0.05) is 13.8 Å². The molecule has 0 saturated carbocycles. The maximum Gasteiger partial charge on any atom is 0.328 e. The standard InChI is InChI=1S/C14H18FNO3/c1-8(2)12(14(18)19-4)16-13(17)11-6-5-10(15)7-9(11)3/h5-8,12H,1-4H3,(H,16,17). The van der Waals surface area contributed by atoms with Crippen LogP contribution in [0.25, 0.3) is 0 Å². The lowest BCUT2D eigenvalue weighted by Crippen LogP contribution is -2.45. The second-order valence-electron chi connectivity index (χ2n) is 4.68. The van der Waals surface area contributed by atoms with Crippen molar-refractivity contribution in [1.82, 2.24) is 5.32 Å². The van der Waals surface area contributed by atoms with Gasteiger partial charge in [0.1, 0.15) is 11.9 Å². The summed E-state index contributed by atoms with van der Waals surface area (Å²) in [5, 5.41) is 2.61. The van der Waals surface area contributed by atoms with Crippen molar-refractivity contribution in [3.05, 3.63) is 35.1 Å². The Bertz CT molecular complexity index is 486. The number of nitrogens with one attached hydrogen (secondary N) is 1. The fourth-order valence-corrected chi connectivity index (χ4v) is 1.73. The summed E-state index contributed by atoms with van der Waals surface area (Å²) < 4.78 is 17.6.